The molecule has 0 aliphatic heterocycles. The van der Waals surface area contributed by atoms with Crippen molar-refractivity contribution < 1.29 is 0 Å². The molecule has 3 heteroatoms. The fourth-order valence-electron chi connectivity index (χ4n) is 1.72. The highest BCUT2D eigenvalue weighted by atomic mass is 14.6. The van der Waals surface area contributed by atoms with Crippen LogP contribution in [0.25, 0.3) is 11.1 Å². The number of nitrogen functional groups attached to an aromatic ring is 1. The minimum absolute atomic E-state index is 0.457. The second-order valence-corrected chi connectivity index (χ2v) is 3.81. The monoisotopic (exact) mass is 213 g/mol. The Bertz CT molecular complexity index is 506. The van der Waals surface area contributed by atoms with E-state index < -0.39 is 0 Å². The van der Waals surface area contributed by atoms with E-state index in [0.717, 1.165) is 22.4 Å². The second kappa shape index (κ2) is 4.33. The predicted octanol–water partition coefficient (Wildman–Crippen LogP) is 2.10. The first kappa shape index (κ1) is 10.6. The van der Waals surface area contributed by atoms with Gasteiger partial charge in [-0.3, -0.25) is 4.98 Å². The molecular weight excluding hydrogens is 198 g/mol. The average Bonchev–Trinajstić information content (AvgIpc) is 2.31. The van der Waals surface area contributed by atoms with Crippen LogP contribution in [0.1, 0.15) is 11.1 Å². The van der Waals surface area contributed by atoms with Gasteiger partial charge in [0.25, 0.3) is 0 Å². The summed E-state index contributed by atoms with van der Waals surface area (Å²) in [5, 5.41) is 0. The van der Waals surface area contributed by atoms with Gasteiger partial charge in [-0.05, 0) is 41.8 Å². The van der Waals surface area contributed by atoms with Gasteiger partial charge >= 0.3 is 0 Å². The first-order chi connectivity index (χ1) is 7.72. The zero-order chi connectivity index (χ0) is 11.5. The number of nitrogens with two attached hydrogens (primary N) is 2. The molecule has 0 fully saturated rings. The van der Waals surface area contributed by atoms with Crippen molar-refractivity contribution in [1.29, 1.82) is 0 Å². The Morgan fingerprint density at radius 2 is 2.06 bits per heavy atom. The molecule has 16 heavy (non-hydrogen) atoms. The molecule has 0 unspecified atom stereocenters. The fourth-order valence-corrected chi connectivity index (χ4v) is 1.72. The number of nitrogens with zero attached hydrogens (tertiary/aromatic N) is 1. The number of anilines is 1. The van der Waals surface area contributed by atoms with E-state index in [1.165, 1.54) is 5.56 Å². The van der Waals surface area contributed by atoms with Crippen LogP contribution in [0.3, 0.4) is 0 Å². The van der Waals surface area contributed by atoms with E-state index in [1.54, 1.807) is 6.20 Å². The summed E-state index contributed by atoms with van der Waals surface area (Å²) < 4.78 is 0. The lowest BCUT2D eigenvalue weighted by Gasteiger charge is -2.08. The van der Waals surface area contributed by atoms with Gasteiger partial charge in [0.05, 0.1) is 0 Å². The van der Waals surface area contributed by atoms with Crippen molar-refractivity contribution in [1.82, 2.24) is 4.98 Å². The van der Waals surface area contributed by atoms with Crippen molar-refractivity contribution in [3.05, 3.63) is 47.8 Å². The molecular formula is C13H15N3. The lowest BCUT2D eigenvalue weighted by Crippen LogP contribution is -2.01. The van der Waals surface area contributed by atoms with Crippen LogP contribution in [0.5, 0.6) is 0 Å². The molecule has 0 bridgehead atoms. The molecule has 0 saturated heterocycles. The van der Waals surface area contributed by atoms with Crippen molar-refractivity contribution in [2.24, 2.45) is 5.73 Å². The number of rotatable bonds is 2. The smallest absolute Gasteiger partial charge is 0.0359 e. The molecule has 0 radical (unpaired) electrons. The summed E-state index contributed by atoms with van der Waals surface area (Å²) in [5.41, 5.74) is 16.6. The highest BCUT2D eigenvalue weighted by Gasteiger charge is 2.04. The molecule has 4 N–H and O–H groups in total. The SMILES string of the molecule is Cc1ccncc1-c1ccc(N)c(CN)c1. The summed E-state index contributed by atoms with van der Waals surface area (Å²) in [6.45, 7) is 2.52. The van der Waals surface area contributed by atoms with Gasteiger partial charge in [-0.15, -0.1) is 0 Å². The van der Waals surface area contributed by atoms with E-state index >= 15 is 0 Å². The van der Waals surface area contributed by atoms with Gasteiger partial charge < -0.3 is 11.5 Å². The van der Waals surface area contributed by atoms with Crippen LogP contribution in [-0.2, 0) is 6.54 Å². The van der Waals surface area contributed by atoms with Gasteiger partial charge in [-0.25, -0.2) is 0 Å². The Balaban J connectivity index is 2.53. The molecule has 3 nitrogen and oxygen atoms in total. The Morgan fingerprint density at radius 1 is 1.25 bits per heavy atom. The molecule has 82 valence electrons. The molecule has 2 rings (SSSR count). The van der Waals surface area contributed by atoms with E-state index in [9.17, 15) is 0 Å². The summed E-state index contributed by atoms with van der Waals surface area (Å²) in [6.07, 6.45) is 3.65. The van der Waals surface area contributed by atoms with Crippen molar-refractivity contribution in [2.75, 3.05) is 5.73 Å². The largest absolute Gasteiger partial charge is 0.398 e. The molecule has 0 saturated carbocycles. The number of hydrogen-bond donors (Lipinski definition) is 2. The van der Waals surface area contributed by atoms with Gasteiger partial charge in [0.2, 0.25) is 0 Å². The predicted molar refractivity (Wildman–Crippen MR) is 66.7 cm³/mol. The molecule has 0 atom stereocenters. The fraction of sp³-hybridized carbons (Fsp3) is 0.154. The number of pyridine rings is 1. The number of benzene rings is 1. The van der Waals surface area contributed by atoms with Crippen molar-refractivity contribution >= 4 is 5.69 Å². The summed E-state index contributed by atoms with van der Waals surface area (Å²) >= 11 is 0. The quantitative estimate of drug-likeness (QED) is 0.751. The van der Waals surface area contributed by atoms with Crippen molar-refractivity contribution in [2.45, 2.75) is 13.5 Å². The number of aromatic nitrogens is 1. The highest BCUT2D eigenvalue weighted by molar-refractivity contribution is 5.69. The third-order valence-electron chi connectivity index (χ3n) is 2.71. The summed E-state index contributed by atoms with van der Waals surface area (Å²) in [7, 11) is 0. The lowest BCUT2D eigenvalue weighted by molar-refractivity contribution is 1.08. The van der Waals surface area contributed by atoms with Crippen molar-refractivity contribution in [3.8, 4) is 11.1 Å². The van der Waals surface area contributed by atoms with E-state index in [-0.39, 0.29) is 0 Å². The van der Waals surface area contributed by atoms with Gasteiger partial charge in [-0.2, -0.15) is 0 Å². The molecule has 1 heterocycles. The van der Waals surface area contributed by atoms with Gasteiger partial charge in [0, 0.05) is 30.2 Å². The van der Waals surface area contributed by atoms with E-state index in [2.05, 4.69) is 11.9 Å². The van der Waals surface area contributed by atoms with Gasteiger partial charge in [-0.1, -0.05) is 6.07 Å². The maximum atomic E-state index is 5.82. The summed E-state index contributed by atoms with van der Waals surface area (Å²) in [6, 6.07) is 7.91. The molecule has 1 aromatic carbocycles. The summed E-state index contributed by atoms with van der Waals surface area (Å²) in [4.78, 5) is 4.14. The Kier molecular flexibility index (Phi) is 2.88. The highest BCUT2D eigenvalue weighted by Crippen LogP contribution is 2.25. The van der Waals surface area contributed by atoms with Crippen LogP contribution >= 0.6 is 0 Å². The molecule has 0 aliphatic carbocycles. The normalized spacial score (nSPS) is 10.4. The Hall–Kier alpha value is -1.87. The van der Waals surface area contributed by atoms with Crippen LogP contribution in [0.2, 0.25) is 0 Å². The average molecular weight is 213 g/mol. The van der Waals surface area contributed by atoms with Gasteiger partial charge in [0.1, 0.15) is 0 Å². The third kappa shape index (κ3) is 1.90. The third-order valence-corrected chi connectivity index (χ3v) is 2.71. The maximum Gasteiger partial charge on any atom is 0.0359 e. The van der Waals surface area contributed by atoms with Crippen LogP contribution in [-0.4, -0.2) is 4.98 Å². The topological polar surface area (TPSA) is 64.9 Å². The molecule has 0 aliphatic rings. The molecule has 0 amide bonds. The van der Waals surface area contributed by atoms with E-state index in [4.69, 9.17) is 11.5 Å². The molecule has 1 aromatic heterocycles. The first-order valence-corrected chi connectivity index (χ1v) is 5.22. The minimum Gasteiger partial charge on any atom is -0.398 e. The standard InChI is InChI=1S/C13H15N3/c1-9-4-5-16-8-12(9)10-2-3-13(15)11(6-10)7-14/h2-6,8H,7,14-15H2,1H3. The molecule has 0 spiro atoms. The van der Waals surface area contributed by atoms with Crippen LogP contribution in [0.4, 0.5) is 5.69 Å². The second-order valence-electron chi connectivity index (χ2n) is 3.81. The number of hydrogen-bond acceptors (Lipinski definition) is 3. The maximum absolute atomic E-state index is 5.82. The summed E-state index contributed by atoms with van der Waals surface area (Å²) in [5.74, 6) is 0. The molecule has 2 aromatic rings. The first-order valence-electron chi connectivity index (χ1n) is 5.22. The number of aryl methyl sites for hydroxylation is 1. The minimum atomic E-state index is 0.457. The van der Waals surface area contributed by atoms with E-state index in [0.29, 0.717) is 6.54 Å². The zero-order valence-corrected chi connectivity index (χ0v) is 9.27. The van der Waals surface area contributed by atoms with Gasteiger partial charge in [0.15, 0.2) is 0 Å². The lowest BCUT2D eigenvalue weighted by atomic mass is 10.00. The Morgan fingerprint density at radius 3 is 2.75 bits per heavy atom. The van der Waals surface area contributed by atoms with Crippen LogP contribution in [0, 0.1) is 6.92 Å². The van der Waals surface area contributed by atoms with E-state index in [1.807, 2.05) is 30.5 Å². The van der Waals surface area contributed by atoms with Crippen LogP contribution < -0.4 is 11.5 Å². The Labute approximate surface area is 95.1 Å². The van der Waals surface area contributed by atoms with Crippen molar-refractivity contribution in [3.63, 3.8) is 0 Å². The zero-order valence-electron chi connectivity index (χ0n) is 9.27. The van der Waals surface area contributed by atoms with Crippen LogP contribution in [0.15, 0.2) is 36.7 Å².